The Kier molecular flexibility index (Phi) is 5.56. The molecule has 31 heavy (non-hydrogen) atoms. The first-order valence-electron chi connectivity index (χ1n) is 9.85. The number of aliphatic hydroxyl groups is 1. The standard InChI is InChI=1S/C22H21F6NO2/c23-21(24,25)16-6-15(7-17(8-16)22(26,27)28)20(30)9-18-12-31-13-19(10-20)29(18)11-14-4-2-1-3-5-14/h1-8,18-19,30H,9-13H2. The number of halogens is 6. The van der Waals surface area contributed by atoms with Crippen molar-refractivity contribution in [1.29, 1.82) is 0 Å². The molecule has 2 saturated heterocycles. The molecular formula is C22H21F6NO2. The summed E-state index contributed by atoms with van der Waals surface area (Å²) in [4.78, 5) is 2.12. The number of hydrogen-bond donors (Lipinski definition) is 1. The molecule has 0 saturated carbocycles. The molecule has 2 bridgehead atoms. The Balaban J connectivity index is 1.68. The second-order valence-corrected chi connectivity index (χ2v) is 8.24. The molecular weight excluding hydrogens is 424 g/mol. The van der Waals surface area contributed by atoms with Crippen molar-refractivity contribution in [3.05, 3.63) is 70.8 Å². The molecule has 0 aliphatic carbocycles. The van der Waals surface area contributed by atoms with E-state index in [0.29, 0.717) is 18.7 Å². The van der Waals surface area contributed by atoms with E-state index in [2.05, 4.69) is 4.90 Å². The van der Waals surface area contributed by atoms with E-state index >= 15 is 0 Å². The van der Waals surface area contributed by atoms with Crippen molar-refractivity contribution in [2.24, 2.45) is 0 Å². The van der Waals surface area contributed by atoms with Gasteiger partial charge in [0.25, 0.3) is 0 Å². The summed E-state index contributed by atoms with van der Waals surface area (Å²) < 4.78 is 85.3. The van der Waals surface area contributed by atoms with Crippen LogP contribution in [0, 0.1) is 0 Å². The molecule has 0 spiro atoms. The predicted molar refractivity (Wildman–Crippen MR) is 100.0 cm³/mol. The molecule has 2 heterocycles. The van der Waals surface area contributed by atoms with Gasteiger partial charge in [-0.1, -0.05) is 30.3 Å². The number of hydrogen-bond acceptors (Lipinski definition) is 3. The van der Waals surface area contributed by atoms with Gasteiger partial charge in [0.1, 0.15) is 0 Å². The van der Waals surface area contributed by atoms with Crippen molar-refractivity contribution in [3.63, 3.8) is 0 Å². The lowest BCUT2D eigenvalue weighted by atomic mass is 9.76. The highest BCUT2D eigenvalue weighted by atomic mass is 19.4. The maximum atomic E-state index is 13.3. The summed E-state index contributed by atoms with van der Waals surface area (Å²) in [5.74, 6) is 0. The van der Waals surface area contributed by atoms with E-state index in [1.807, 2.05) is 30.3 Å². The van der Waals surface area contributed by atoms with Crippen LogP contribution in [0.5, 0.6) is 0 Å². The van der Waals surface area contributed by atoms with Crippen molar-refractivity contribution < 1.29 is 36.2 Å². The van der Waals surface area contributed by atoms with E-state index in [4.69, 9.17) is 4.74 Å². The van der Waals surface area contributed by atoms with Crippen LogP contribution in [-0.4, -0.2) is 35.3 Å². The summed E-state index contributed by atoms with van der Waals surface area (Å²) in [6.45, 7) is 1.06. The summed E-state index contributed by atoms with van der Waals surface area (Å²) in [6.07, 6.45) is -9.96. The van der Waals surface area contributed by atoms with Crippen molar-refractivity contribution in [1.82, 2.24) is 4.90 Å². The minimum atomic E-state index is -4.96. The number of alkyl halides is 6. The minimum Gasteiger partial charge on any atom is -0.385 e. The Bertz CT molecular complexity index is 882. The van der Waals surface area contributed by atoms with E-state index in [0.717, 1.165) is 5.56 Å². The molecule has 2 unspecified atom stereocenters. The zero-order valence-electron chi connectivity index (χ0n) is 16.4. The number of ether oxygens (including phenoxy) is 1. The third-order valence-electron chi connectivity index (χ3n) is 6.04. The van der Waals surface area contributed by atoms with E-state index in [9.17, 15) is 31.4 Å². The summed E-state index contributed by atoms with van der Waals surface area (Å²) in [7, 11) is 0. The number of nitrogens with zero attached hydrogens (tertiary/aromatic N) is 1. The Morgan fingerprint density at radius 1 is 0.871 bits per heavy atom. The quantitative estimate of drug-likeness (QED) is 0.677. The molecule has 9 heteroatoms. The van der Waals surface area contributed by atoms with Crippen LogP contribution in [0.2, 0.25) is 0 Å². The molecule has 4 rings (SSSR count). The van der Waals surface area contributed by atoms with Gasteiger partial charge in [-0.2, -0.15) is 26.3 Å². The lowest BCUT2D eigenvalue weighted by Crippen LogP contribution is -2.60. The SMILES string of the molecule is OC1(c2cc(C(F)(F)F)cc(C(F)(F)F)c2)CC2COCC(C1)N2Cc1ccccc1. The lowest BCUT2D eigenvalue weighted by Gasteiger charge is -2.52. The average Bonchev–Trinajstić information content (AvgIpc) is 2.68. The highest BCUT2D eigenvalue weighted by Gasteiger charge is 2.48. The maximum absolute atomic E-state index is 13.3. The summed E-state index contributed by atoms with van der Waals surface area (Å²) in [5, 5.41) is 11.3. The first kappa shape index (κ1) is 22.1. The van der Waals surface area contributed by atoms with Crippen LogP contribution in [0.25, 0.3) is 0 Å². The van der Waals surface area contributed by atoms with Crippen LogP contribution in [0.1, 0.15) is 35.1 Å². The van der Waals surface area contributed by atoms with Gasteiger partial charge in [-0.25, -0.2) is 0 Å². The van der Waals surface area contributed by atoms with Crippen molar-refractivity contribution in [2.45, 2.75) is 49.4 Å². The number of benzene rings is 2. The van der Waals surface area contributed by atoms with E-state index < -0.39 is 29.1 Å². The van der Waals surface area contributed by atoms with Gasteiger partial charge in [0.15, 0.2) is 0 Å². The first-order valence-corrected chi connectivity index (χ1v) is 9.85. The fourth-order valence-electron chi connectivity index (χ4n) is 4.56. The van der Waals surface area contributed by atoms with Crippen LogP contribution in [0.4, 0.5) is 26.3 Å². The monoisotopic (exact) mass is 445 g/mol. The van der Waals surface area contributed by atoms with Gasteiger partial charge in [-0.15, -0.1) is 0 Å². The zero-order chi connectivity index (χ0) is 22.4. The van der Waals surface area contributed by atoms with E-state index in [1.165, 1.54) is 0 Å². The van der Waals surface area contributed by atoms with Crippen molar-refractivity contribution >= 4 is 0 Å². The predicted octanol–water partition coefficient (Wildman–Crippen LogP) is 4.98. The van der Waals surface area contributed by atoms with E-state index in [-0.39, 0.29) is 49.8 Å². The maximum Gasteiger partial charge on any atom is 0.416 e. The molecule has 2 aliphatic rings. The Morgan fingerprint density at radius 3 is 1.87 bits per heavy atom. The highest BCUT2D eigenvalue weighted by Crippen LogP contribution is 2.45. The van der Waals surface area contributed by atoms with Gasteiger partial charge in [-0.05, 0) is 42.2 Å². The fraction of sp³-hybridized carbons (Fsp3) is 0.455. The largest absolute Gasteiger partial charge is 0.416 e. The average molecular weight is 445 g/mol. The van der Waals surface area contributed by atoms with Gasteiger partial charge < -0.3 is 9.84 Å². The summed E-state index contributed by atoms with van der Waals surface area (Å²) in [6, 6.07) is 10.3. The van der Waals surface area contributed by atoms with Gasteiger partial charge in [0.2, 0.25) is 0 Å². The molecule has 0 amide bonds. The molecule has 0 aromatic heterocycles. The van der Waals surface area contributed by atoms with Gasteiger partial charge in [0, 0.05) is 18.6 Å². The number of piperidine rings is 1. The summed E-state index contributed by atoms with van der Waals surface area (Å²) >= 11 is 0. The van der Waals surface area contributed by atoms with E-state index in [1.54, 1.807) is 0 Å². The number of rotatable bonds is 3. The molecule has 2 fully saturated rings. The van der Waals surface area contributed by atoms with Crippen LogP contribution in [-0.2, 0) is 29.2 Å². The Labute approximate surface area is 175 Å². The highest BCUT2D eigenvalue weighted by molar-refractivity contribution is 5.37. The topological polar surface area (TPSA) is 32.7 Å². The lowest BCUT2D eigenvalue weighted by molar-refractivity contribution is -0.152. The smallest absolute Gasteiger partial charge is 0.385 e. The second kappa shape index (κ2) is 7.79. The molecule has 3 nitrogen and oxygen atoms in total. The molecule has 2 aromatic carbocycles. The van der Waals surface area contributed by atoms with Crippen LogP contribution >= 0.6 is 0 Å². The van der Waals surface area contributed by atoms with Crippen molar-refractivity contribution in [3.8, 4) is 0 Å². The van der Waals surface area contributed by atoms with Crippen molar-refractivity contribution in [2.75, 3.05) is 13.2 Å². The molecule has 2 atom stereocenters. The third-order valence-corrected chi connectivity index (χ3v) is 6.04. The first-order chi connectivity index (χ1) is 14.5. The zero-order valence-corrected chi connectivity index (χ0v) is 16.4. The molecule has 0 radical (unpaired) electrons. The van der Waals surface area contributed by atoms with Gasteiger partial charge >= 0.3 is 12.4 Å². The Hall–Kier alpha value is -2.10. The molecule has 2 aromatic rings. The van der Waals surface area contributed by atoms with Crippen LogP contribution in [0.3, 0.4) is 0 Å². The van der Waals surface area contributed by atoms with Crippen LogP contribution in [0.15, 0.2) is 48.5 Å². The minimum absolute atomic E-state index is 0.0189. The van der Waals surface area contributed by atoms with Crippen LogP contribution < -0.4 is 0 Å². The van der Waals surface area contributed by atoms with Gasteiger partial charge in [-0.3, -0.25) is 4.90 Å². The number of fused-ring (bicyclic) bond motifs is 2. The molecule has 2 aliphatic heterocycles. The third kappa shape index (κ3) is 4.58. The number of morpholine rings is 1. The van der Waals surface area contributed by atoms with Gasteiger partial charge in [0.05, 0.1) is 29.9 Å². The molecule has 1 N–H and O–H groups in total. The second-order valence-electron chi connectivity index (χ2n) is 8.24. The Morgan fingerprint density at radius 2 is 1.39 bits per heavy atom. The summed E-state index contributed by atoms with van der Waals surface area (Å²) in [5.41, 5.74) is -3.97. The molecule has 168 valence electrons. The normalized spacial score (nSPS) is 27.3. The fourth-order valence-corrected chi connectivity index (χ4v) is 4.56.